The second kappa shape index (κ2) is 19.0. The summed E-state index contributed by atoms with van der Waals surface area (Å²) in [6.07, 6.45) is 9.91. The number of unbranched alkanes of at least 4 members (excludes halogenated alkanes) is 6. The van der Waals surface area contributed by atoms with E-state index in [1.165, 1.54) is 0 Å². The monoisotopic (exact) mass is 577 g/mol. The van der Waals surface area contributed by atoms with Gasteiger partial charge in [-0.15, -0.1) is 0 Å². The van der Waals surface area contributed by atoms with Gasteiger partial charge in [0.2, 0.25) is 11.8 Å². The van der Waals surface area contributed by atoms with Crippen LogP contribution in [0.5, 0.6) is 0 Å². The van der Waals surface area contributed by atoms with Crippen molar-refractivity contribution in [3.63, 3.8) is 0 Å². The zero-order valence-electron chi connectivity index (χ0n) is 26.4. The van der Waals surface area contributed by atoms with E-state index < -0.39 is 23.8 Å². The molecule has 0 saturated carbocycles. The molecule has 0 aliphatic rings. The number of amides is 3. The van der Waals surface area contributed by atoms with Crippen LogP contribution < -0.4 is 10.6 Å². The van der Waals surface area contributed by atoms with Crippen LogP contribution in [0, 0.1) is 13.8 Å². The predicted molar refractivity (Wildman–Crippen MR) is 168 cm³/mol. The van der Waals surface area contributed by atoms with E-state index in [1.54, 1.807) is 37.4 Å². The third-order valence-corrected chi connectivity index (χ3v) is 7.40. The van der Waals surface area contributed by atoms with Crippen molar-refractivity contribution >= 4 is 29.7 Å². The minimum atomic E-state index is -0.793. The molecule has 1 aromatic carbocycles. The Morgan fingerprint density at radius 3 is 2.25 bits per heavy atom. The second-order valence-electron chi connectivity index (χ2n) is 11.7. The first kappa shape index (κ1) is 35.8. The molecule has 2 N–H and O–H groups in total. The number of nitrogens with one attached hydrogen (secondary N) is 2. The number of ether oxygens (including phenoxy) is 1. The third-order valence-electron chi connectivity index (χ3n) is 6.75. The molecule has 40 heavy (non-hydrogen) atoms. The summed E-state index contributed by atoms with van der Waals surface area (Å²) in [6, 6.07) is 4.48. The highest BCUT2D eigenvalue weighted by atomic mass is 32.2. The zero-order valence-corrected chi connectivity index (χ0v) is 27.2. The Morgan fingerprint density at radius 1 is 0.975 bits per heavy atom. The summed E-state index contributed by atoms with van der Waals surface area (Å²) in [7, 11) is 0. The summed E-state index contributed by atoms with van der Waals surface area (Å²) in [5.74, 6) is 0.270. The predicted octanol–water partition coefficient (Wildman–Crippen LogP) is 7.10. The Morgan fingerprint density at radius 2 is 1.62 bits per heavy atom. The van der Waals surface area contributed by atoms with Crippen molar-refractivity contribution < 1.29 is 19.1 Å². The number of hydrogen-bond donors (Lipinski definition) is 2. The number of carbonyl (C=O) groups excluding carboxylic acids is 3. The molecular formula is C32H55N3O4S. The van der Waals surface area contributed by atoms with Crippen LogP contribution in [0.1, 0.15) is 115 Å². The Labute approximate surface area is 248 Å². The third kappa shape index (κ3) is 13.4. The van der Waals surface area contributed by atoms with Crippen molar-refractivity contribution in [3.8, 4) is 0 Å². The van der Waals surface area contributed by atoms with Gasteiger partial charge in [-0.25, -0.2) is 4.79 Å². The molecule has 8 heteroatoms. The molecule has 0 heterocycles. The highest BCUT2D eigenvalue weighted by Crippen LogP contribution is 2.28. The zero-order chi connectivity index (χ0) is 30.1. The van der Waals surface area contributed by atoms with Gasteiger partial charge in [0.25, 0.3) is 0 Å². The standard InChI is InChI=1S/C32H55N3O4S/c1-9-11-13-14-16-21-35(30(37)27(19-22-40-8)34-31(38)39-32(5,6)7)28(29(36)33-20-15-12-10-2)26-23-24(3)17-18-25(26)4/h17-18,23,27-28H,9-16,19-22H2,1-8H3,(H,33,36)(H,34,38). The molecule has 0 aliphatic carbocycles. The lowest BCUT2D eigenvalue weighted by Gasteiger charge is -2.35. The second-order valence-corrected chi connectivity index (χ2v) is 12.7. The molecular weight excluding hydrogens is 522 g/mol. The van der Waals surface area contributed by atoms with Crippen LogP contribution in [0.15, 0.2) is 18.2 Å². The highest BCUT2D eigenvalue weighted by molar-refractivity contribution is 7.98. The molecule has 1 aromatic rings. The molecule has 0 fully saturated rings. The lowest BCUT2D eigenvalue weighted by molar-refractivity contribution is -0.142. The van der Waals surface area contributed by atoms with E-state index >= 15 is 0 Å². The van der Waals surface area contributed by atoms with Gasteiger partial charge in [0, 0.05) is 13.1 Å². The summed E-state index contributed by atoms with van der Waals surface area (Å²) in [6.45, 7) is 14.7. The van der Waals surface area contributed by atoms with E-state index in [-0.39, 0.29) is 11.8 Å². The van der Waals surface area contributed by atoms with E-state index in [9.17, 15) is 14.4 Å². The fraction of sp³-hybridized carbons (Fsp3) is 0.719. The van der Waals surface area contributed by atoms with Gasteiger partial charge in [-0.3, -0.25) is 9.59 Å². The molecule has 0 aromatic heterocycles. The maximum absolute atomic E-state index is 14.3. The molecule has 1 rings (SSSR count). The first-order valence-electron chi connectivity index (χ1n) is 15.1. The fourth-order valence-electron chi connectivity index (χ4n) is 4.58. The number of nitrogens with zero attached hydrogens (tertiary/aromatic N) is 1. The van der Waals surface area contributed by atoms with Gasteiger partial charge in [-0.1, -0.05) is 76.1 Å². The summed E-state index contributed by atoms with van der Waals surface area (Å²) in [5.41, 5.74) is 2.14. The van der Waals surface area contributed by atoms with E-state index in [1.807, 2.05) is 38.3 Å². The van der Waals surface area contributed by atoms with Crippen LogP contribution >= 0.6 is 11.8 Å². The molecule has 2 atom stereocenters. The number of thioether (sulfide) groups is 1. The summed E-state index contributed by atoms with van der Waals surface area (Å²) in [5, 5.41) is 5.95. The summed E-state index contributed by atoms with van der Waals surface area (Å²) >= 11 is 1.62. The first-order chi connectivity index (χ1) is 18.9. The lowest BCUT2D eigenvalue weighted by Crippen LogP contribution is -2.53. The maximum Gasteiger partial charge on any atom is 0.408 e. The Hall–Kier alpha value is -2.22. The molecule has 228 valence electrons. The van der Waals surface area contributed by atoms with Crippen molar-refractivity contribution in [1.82, 2.24) is 15.5 Å². The number of aryl methyl sites for hydroxylation is 2. The van der Waals surface area contributed by atoms with Gasteiger partial charge in [0.15, 0.2) is 0 Å². The van der Waals surface area contributed by atoms with Crippen LogP contribution in [0.4, 0.5) is 4.79 Å². The van der Waals surface area contributed by atoms with Gasteiger partial charge >= 0.3 is 6.09 Å². The number of carbonyl (C=O) groups is 3. The smallest absolute Gasteiger partial charge is 0.408 e. The van der Waals surface area contributed by atoms with Crippen molar-refractivity contribution in [2.24, 2.45) is 0 Å². The fourth-order valence-corrected chi connectivity index (χ4v) is 5.06. The normalized spacial score (nSPS) is 12.9. The lowest BCUT2D eigenvalue weighted by atomic mass is 9.95. The Kier molecular flexibility index (Phi) is 17.0. The van der Waals surface area contributed by atoms with Crippen molar-refractivity contribution in [3.05, 3.63) is 34.9 Å². The minimum Gasteiger partial charge on any atom is -0.444 e. The van der Waals surface area contributed by atoms with Crippen molar-refractivity contribution in [1.29, 1.82) is 0 Å². The molecule has 0 aliphatic heterocycles. The summed E-state index contributed by atoms with van der Waals surface area (Å²) < 4.78 is 5.50. The van der Waals surface area contributed by atoms with E-state index in [0.717, 1.165) is 68.1 Å². The molecule has 0 radical (unpaired) electrons. The SMILES string of the molecule is CCCCCCCN(C(=O)C(CCSC)NC(=O)OC(C)(C)C)C(C(=O)NCCCCC)c1cc(C)ccc1C. The van der Waals surface area contributed by atoms with Crippen LogP contribution in [0.2, 0.25) is 0 Å². The average molecular weight is 578 g/mol. The van der Waals surface area contributed by atoms with Crippen LogP contribution in [0.3, 0.4) is 0 Å². The van der Waals surface area contributed by atoms with E-state index in [4.69, 9.17) is 4.74 Å². The van der Waals surface area contributed by atoms with Gasteiger partial charge in [-0.05, 0) is 77.0 Å². The Balaban J connectivity index is 3.48. The molecule has 3 amide bonds. The van der Waals surface area contributed by atoms with Crippen LogP contribution in [-0.2, 0) is 14.3 Å². The maximum atomic E-state index is 14.3. The van der Waals surface area contributed by atoms with Crippen LogP contribution in [-0.4, -0.2) is 59.5 Å². The van der Waals surface area contributed by atoms with Crippen LogP contribution in [0.25, 0.3) is 0 Å². The first-order valence-corrected chi connectivity index (χ1v) is 16.5. The highest BCUT2D eigenvalue weighted by Gasteiger charge is 2.36. The minimum absolute atomic E-state index is 0.174. The molecule has 2 unspecified atom stereocenters. The molecule has 0 bridgehead atoms. The summed E-state index contributed by atoms with van der Waals surface area (Å²) in [4.78, 5) is 42.7. The van der Waals surface area contributed by atoms with E-state index in [0.29, 0.717) is 25.3 Å². The Bertz CT molecular complexity index is 916. The molecule has 7 nitrogen and oxygen atoms in total. The number of hydrogen-bond acceptors (Lipinski definition) is 5. The average Bonchev–Trinajstić information content (AvgIpc) is 2.88. The topological polar surface area (TPSA) is 87.7 Å². The molecule has 0 saturated heterocycles. The number of rotatable bonds is 18. The van der Waals surface area contributed by atoms with Crippen molar-refractivity contribution in [2.75, 3.05) is 25.1 Å². The number of benzene rings is 1. The van der Waals surface area contributed by atoms with Gasteiger partial charge in [0.05, 0.1) is 0 Å². The molecule has 0 spiro atoms. The van der Waals surface area contributed by atoms with Crippen molar-refractivity contribution in [2.45, 2.75) is 124 Å². The largest absolute Gasteiger partial charge is 0.444 e. The van der Waals surface area contributed by atoms with Gasteiger partial charge in [-0.2, -0.15) is 11.8 Å². The quantitative estimate of drug-likeness (QED) is 0.182. The number of alkyl carbamates (subject to hydrolysis) is 1. The van der Waals surface area contributed by atoms with Gasteiger partial charge < -0.3 is 20.3 Å². The van der Waals surface area contributed by atoms with Gasteiger partial charge in [0.1, 0.15) is 17.7 Å². The van der Waals surface area contributed by atoms with E-state index in [2.05, 4.69) is 24.5 Å².